The summed E-state index contributed by atoms with van der Waals surface area (Å²) in [5.41, 5.74) is -4.79. The van der Waals surface area contributed by atoms with Crippen LogP contribution in [-0.2, 0) is 23.3 Å². The number of alkyl halides is 9. The summed E-state index contributed by atoms with van der Waals surface area (Å²) in [5.74, 6) is 0. The minimum absolute atomic E-state index is 0.0171. The molecular formula is C37H29F9N6O10S6. The predicted molar refractivity (Wildman–Crippen MR) is 243 cm³/mol. The number of nitro groups is 3. The number of halogens is 9. The second kappa shape index (κ2) is 19.7. The summed E-state index contributed by atoms with van der Waals surface area (Å²) >= 11 is 3.36. The Bertz CT molecular complexity index is 2970. The highest BCUT2D eigenvalue weighted by Gasteiger charge is 2.42. The lowest BCUT2D eigenvalue weighted by atomic mass is 10.1. The third-order valence-electron chi connectivity index (χ3n) is 10.6. The van der Waals surface area contributed by atoms with Crippen LogP contribution in [0, 0.1) is 30.3 Å². The van der Waals surface area contributed by atoms with Gasteiger partial charge in [0.2, 0.25) is 0 Å². The Labute approximate surface area is 397 Å². The number of fused-ring (bicyclic) bond motifs is 3. The van der Waals surface area contributed by atoms with Crippen LogP contribution in [-0.4, -0.2) is 67.3 Å². The van der Waals surface area contributed by atoms with E-state index >= 15 is 0 Å². The van der Waals surface area contributed by atoms with Crippen molar-refractivity contribution in [3.05, 3.63) is 91.8 Å². The summed E-state index contributed by atoms with van der Waals surface area (Å²) in [6.45, 7) is 3.43. The zero-order chi connectivity index (χ0) is 49.6. The number of morpholine rings is 1. The highest BCUT2D eigenvalue weighted by atomic mass is 32.2. The Hall–Kier alpha value is -5.08. The van der Waals surface area contributed by atoms with Crippen molar-refractivity contribution in [3.63, 3.8) is 0 Å². The lowest BCUT2D eigenvalue weighted by Gasteiger charge is -2.29. The lowest BCUT2D eigenvalue weighted by molar-refractivity contribution is -0.384. The fourth-order valence-corrected chi connectivity index (χ4v) is 14.6. The molecule has 0 unspecified atom stereocenters. The third kappa shape index (κ3) is 10.6. The summed E-state index contributed by atoms with van der Waals surface area (Å²) in [5, 5.41) is 33.9. The molecule has 6 aromatic rings. The minimum Gasteiger partial charge on any atom is -0.378 e. The first-order valence-corrected chi connectivity index (χ1v) is 24.6. The molecule has 6 heterocycles. The predicted octanol–water partition coefficient (Wildman–Crippen LogP) is 11.2. The van der Waals surface area contributed by atoms with Crippen LogP contribution in [0.25, 0.3) is 28.2 Å². The number of nitro benzene ring substituents is 3. The van der Waals surface area contributed by atoms with Gasteiger partial charge in [0.15, 0.2) is 0 Å². The molecule has 0 spiro atoms. The van der Waals surface area contributed by atoms with E-state index in [0.717, 1.165) is 32.1 Å². The quantitative estimate of drug-likeness (QED) is 0.0867. The topological polar surface area (TPSA) is 200 Å². The Morgan fingerprint density at radius 3 is 0.941 bits per heavy atom. The van der Waals surface area contributed by atoms with Gasteiger partial charge in [-0.25, -0.2) is 0 Å². The zero-order valence-corrected chi connectivity index (χ0v) is 38.9. The van der Waals surface area contributed by atoms with Crippen molar-refractivity contribution >= 4 is 130 Å². The maximum absolute atomic E-state index is 13.2. The van der Waals surface area contributed by atoms with Crippen LogP contribution in [0.4, 0.5) is 73.6 Å². The third-order valence-corrected chi connectivity index (χ3v) is 17.2. The number of hydrogen-bond acceptors (Lipinski definition) is 19. The first-order chi connectivity index (χ1) is 31.9. The second-order valence-electron chi connectivity index (χ2n) is 14.8. The largest absolute Gasteiger partial charge is 0.418 e. The van der Waals surface area contributed by atoms with Crippen LogP contribution in [0.2, 0.25) is 0 Å². The number of hydrogen-bond donors (Lipinski definition) is 0. The number of benzene rings is 3. The molecule has 16 nitrogen and oxygen atoms in total. The SMILES string of the molecule is O=c1sc2c(C(F)(F)F)cc([N+](=O)[O-])c(N3CCCC3)c2s1.O=c1sc2c(C(F)(F)F)cc([N+](=O)[O-])c(N3CCCCC3)c2s1.O=c1sc2c(C(F)(F)F)cc([N+](=O)[O-])c(N3CCOCC3)c2s1. The molecular weight excluding hydrogens is 1050 g/mol. The molecule has 0 bridgehead atoms. The van der Waals surface area contributed by atoms with Crippen LogP contribution in [0.15, 0.2) is 32.6 Å². The van der Waals surface area contributed by atoms with Crippen LogP contribution < -0.4 is 26.9 Å². The van der Waals surface area contributed by atoms with E-state index in [4.69, 9.17) is 4.74 Å². The van der Waals surface area contributed by atoms with E-state index < -0.39 is 79.2 Å². The average Bonchev–Trinajstić information content (AvgIpc) is 4.08. The maximum Gasteiger partial charge on any atom is 0.418 e. The number of ether oxygens (including phenoxy) is 1. The van der Waals surface area contributed by atoms with E-state index in [0.29, 0.717) is 139 Å². The fourth-order valence-electron chi connectivity index (χ4n) is 7.81. The summed E-state index contributed by atoms with van der Waals surface area (Å²) in [6.07, 6.45) is -10.00. The van der Waals surface area contributed by atoms with E-state index in [2.05, 4.69) is 0 Å². The van der Waals surface area contributed by atoms with Gasteiger partial charge in [-0.3, -0.25) is 44.7 Å². The van der Waals surface area contributed by atoms with Gasteiger partial charge in [0.1, 0.15) is 17.1 Å². The number of anilines is 3. The second-order valence-corrected chi connectivity index (χ2v) is 21.5. The minimum atomic E-state index is -4.77. The molecule has 31 heteroatoms. The average molecular weight is 1080 g/mol. The Kier molecular flexibility index (Phi) is 14.7. The van der Waals surface area contributed by atoms with Crippen molar-refractivity contribution in [1.29, 1.82) is 0 Å². The van der Waals surface area contributed by atoms with Gasteiger partial charge in [-0.2, -0.15) is 39.5 Å². The van der Waals surface area contributed by atoms with Crippen LogP contribution in [0.3, 0.4) is 0 Å². The van der Waals surface area contributed by atoms with Gasteiger partial charge in [-0.15, -0.1) is 0 Å². The molecule has 3 aromatic heterocycles. The van der Waals surface area contributed by atoms with E-state index in [1.165, 1.54) is 0 Å². The van der Waals surface area contributed by atoms with Crippen LogP contribution >= 0.6 is 68.0 Å². The lowest BCUT2D eigenvalue weighted by Crippen LogP contribution is -2.36. The van der Waals surface area contributed by atoms with Crippen molar-refractivity contribution in [2.75, 3.05) is 67.2 Å². The molecule has 366 valence electrons. The summed E-state index contributed by atoms with van der Waals surface area (Å²) in [4.78, 5) is 71.4. The number of piperidine rings is 1. The first kappa shape index (κ1) is 50.8. The molecule has 0 amide bonds. The van der Waals surface area contributed by atoms with Crippen molar-refractivity contribution in [1.82, 2.24) is 0 Å². The molecule has 0 radical (unpaired) electrons. The van der Waals surface area contributed by atoms with Crippen molar-refractivity contribution in [2.45, 2.75) is 50.6 Å². The van der Waals surface area contributed by atoms with Crippen molar-refractivity contribution < 1.29 is 59.0 Å². The number of nitrogens with zero attached hydrogens (tertiary/aromatic N) is 6. The van der Waals surface area contributed by atoms with Gasteiger partial charge >= 0.3 is 18.5 Å². The molecule has 0 atom stereocenters. The van der Waals surface area contributed by atoms with E-state index in [1.54, 1.807) is 14.7 Å². The highest BCUT2D eigenvalue weighted by molar-refractivity contribution is 7.37. The molecule has 3 fully saturated rings. The molecule has 3 aromatic carbocycles. The van der Waals surface area contributed by atoms with Gasteiger partial charge < -0.3 is 19.4 Å². The molecule has 3 aliphatic heterocycles. The smallest absolute Gasteiger partial charge is 0.378 e. The van der Waals surface area contributed by atoms with Gasteiger partial charge in [-0.1, -0.05) is 68.0 Å². The van der Waals surface area contributed by atoms with Gasteiger partial charge in [-0.05, 0) is 32.1 Å². The van der Waals surface area contributed by atoms with Gasteiger partial charge in [0, 0.05) is 57.5 Å². The van der Waals surface area contributed by atoms with Crippen molar-refractivity contribution in [3.8, 4) is 0 Å². The monoisotopic (exact) mass is 1080 g/mol. The van der Waals surface area contributed by atoms with E-state index in [9.17, 15) is 84.2 Å². The Morgan fingerprint density at radius 1 is 0.426 bits per heavy atom. The van der Waals surface area contributed by atoms with Gasteiger partial charge in [0.25, 0.3) is 29.2 Å². The summed E-state index contributed by atoms with van der Waals surface area (Å²) < 4.78 is 122. The van der Waals surface area contributed by atoms with Crippen molar-refractivity contribution in [2.24, 2.45) is 0 Å². The molecule has 0 N–H and O–H groups in total. The maximum atomic E-state index is 13.2. The molecule has 3 saturated heterocycles. The van der Waals surface area contributed by atoms with E-state index in [1.807, 2.05) is 0 Å². The summed E-state index contributed by atoms with van der Waals surface area (Å²) in [6, 6.07) is 1.64. The van der Waals surface area contributed by atoms with Gasteiger partial charge in [0.05, 0.1) is 72.9 Å². The normalized spacial score (nSPS) is 15.9. The molecule has 68 heavy (non-hydrogen) atoms. The van der Waals surface area contributed by atoms with Crippen LogP contribution in [0.1, 0.15) is 48.8 Å². The summed E-state index contributed by atoms with van der Waals surface area (Å²) in [7, 11) is 0. The standard InChI is InChI=1S/C13H11F3N2O3S2.C12H9F3N2O4S2.C12H9F3N2O3S2/c14-13(15,16)7-6-8(18(20)21)9(17-4-2-1-3-5-17)11-10(7)22-12(19)23-11;13-12(14,15)6-5-7(17(19)20)8(16-1-3-21-4-2-16)10-9(6)22-11(18)23-10;13-12(14,15)6-5-7(17(19)20)8(16-3-1-2-4-16)10-9(6)21-11(18)22-10/h6H,1-5H2;5H,1-4H2;5H,1-4H2. The zero-order valence-electron chi connectivity index (χ0n) is 34.0. The molecule has 3 aliphatic rings. The first-order valence-electron chi connectivity index (χ1n) is 19.7. The fraction of sp³-hybridized carbons (Fsp3) is 0.432. The number of rotatable bonds is 6. The molecule has 0 saturated carbocycles. The molecule has 0 aliphatic carbocycles. The molecule has 9 rings (SSSR count). The van der Waals surface area contributed by atoms with Crippen LogP contribution in [0.5, 0.6) is 0 Å². The van der Waals surface area contributed by atoms with E-state index in [-0.39, 0.29) is 45.3 Å². The Balaban J connectivity index is 0.000000151. The Morgan fingerprint density at radius 2 is 0.676 bits per heavy atom. The highest BCUT2D eigenvalue weighted by Crippen LogP contribution is 2.50.